The summed E-state index contributed by atoms with van der Waals surface area (Å²) >= 11 is 0. The summed E-state index contributed by atoms with van der Waals surface area (Å²) in [6, 6.07) is 5.83. The van der Waals surface area contributed by atoms with Crippen LogP contribution in [0.1, 0.15) is 12.0 Å². The Labute approximate surface area is 126 Å². The first kappa shape index (κ1) is 17.7. The molecule has 0 heterocycles. The second kappa shape index (κ2) is 6.58. The Bertz CT molecular complexity index is 694. The average molecular weight is 330 g/mol. The van der Waals surface area contributed by atoms with Gasteiger partial charge in [0.25, 0.3) is 0 Å². The number of hydrogen-bond acceptors (Lipinski definition) is 5. The number of allylic oxidation sites excluding steroid dienone is 1. The van der Waals surface area contributed by atoms with Crippen LogP contribution in [0.3, 0.4) is 0 Å². The molecule has 9 heteroatoms. The van der Waals surface area contributed by atoms with Crippen LogP contribution in [0.15, 0.2) is 36.9 Å². The molecule has 0 aliphatic carbocycles. The Kier molecular flexibility index (Phi) is 5.28. The summed E-state index contributed by atoms with van der Waals surface area (Å²) < 4.78 is 37.1. The van der Waals surface area contributed by atoms with Crippen molar-refractivity contribution in [1.29, 1.82) is 0 Å². The van der Waals surface area contributed by atoms with E-state index in [0.717, 1.165) is 0 Å². The van der Waals surface area contributed by atoms with Crippen molar-refractivity contribution in [1.82, 2.24) is 0 Å². The van der Waals surface area contributed by atoms with Crippen LogP contribution < -0.4 is 4.74 Å². The second-order valence-corrected chi connectivity index (χ2v) is 5.92. The van der Waals surface area contributed by atoms with Gasteiger partial charge in [0.15, 0.2) is 0 Å². The molecule has 0 saturated heterocycles. The monoisotopic (exact) mass is 330 g/mol. The minimum absolute atomic E-state index is 0.177. The molecule has 3 N–H and O–H groups in total. The van der Waals surface area contributed by atoms with Gasteiger partial charge in [-0.25, -0.2) is 4.79 Å². The van der Waals surface area contributed by atoms with Crippen molar-refractivity contribution >= 4 is 22.1 Å². The van der Waals surface area contributed by atoms with Gasteiger partial charge in [-0.05, 0) is 18.1 Å². The van der Waals surface area contributed by atoms with E-state index in [-0.39, 0.29) is 12.2 Å². The highest BCUT2D eigenvalue weighted by molar-refractivity contribution is 7.88. The van der Waals surface area contributed by atoms with Crippen molar-refractivity contribution in [3.8, 4) is 5.75 Å². The third-order valence-corrected chi connectivity index (χ3v) is 3.97. The number of rotatable bonds is 8. The fourth-order valence-electron chi connectivity index (χ4n) is 1.71. The Morgan fingerprint density at radius 1 is 1.27 bits per heavy atom. The smallest absolute Gasteiger partial charge is 0.367 e. The summed E-state index contributed by atoms with van der Waals surface area (Å²) in [5.74, 6) is -4.07. The Balaban J connectivity index is 3.45. The maximum absolute atomic E-state index is 11.5. The lowest BCUT2D eigenvalue weighted by molar-refractivity contribution is -0.155. The fourth-order valence-corrected chi connectivity index (χ4v) is 2.44. The number of benzene rings is 1. The van der Waals surface area contributed by atoms with Gasteiger partial charge in [0.2, 0.25) is 0 Å². The molecule has 1 unspecified atom stereocenters. The first-order valence-corrected chi connectivity index (χ1v) is 7.38. The molecular weight excluding hydrogens is 316 g/mol. The summed E-state index contributed by atoms with van der Waals surface area (Å²) in [5, 5.41) is 17.9. The van der Waals surface area contributed by atoms with Gasteiger partial charge in [0, 0.05) is 0 Å². The third kappa shape index (κ3) is 3.62. The molecule has 22 heavy (non-hydrogen) atoms. The minimum Gasteiger partial charge on any atom is -0.481 e. The summed E-state index contributed by atoms with van der Waals surface area (Å²) in [6.07, 6.45) is 0.225. The molecular formula is C13H14O8S. The molecule has 1 atom stereocenters. The summed E-state index contributed by atoms with van der Waals surface area (Å²) in [6.45, 7) is 3.49. The SMILES string of the molecule is C=CCc1ccccc1OC(CC(=O)O)(C(=O)O)S(=O)(=O)O. The molecule has 1 aromatic carbocycles. The molecule has 0 aliphatic heterocycles. The van der Waals surface area contributed by atoms with E-state index in [1.165, 1.54) is 24.3 Å². The molecule has 0 saturated carbocycles. The average Bonchev–Trinajstić information content (AvgIpc) is 2.38. The van der Waals surface area contributed by atoms with E-state index in [2.05, 4.69) is 6.58 Å². The maximum atomic E-state index is 11.5. The molecule has 0 bridgehead atoms. The van der Waals surface area contributed by atoms with Gasteiger partial charge in [-0.15, -0.1) is 6.58 Å². The molecule has 1 aromatic rings. The molecule has 8 nitrogen and oxygen atoms in total. The second-order valence-electron chi connectivity index (χ2n) is 4.31. The van der Waals surface area contributed by atoms with E-state index in [1.807, 2.05) is 0 Å². The molecule has 120 valence electrons. The molecule has 0 aliphatic rings. The lowest BCUT2D eigenvalue weighted by Gasteiger charge is -2.26. The fraction of sp³-hybridized carbons (Fsp3) is 0.231. The van der Waals surface area contributed by atoms with Crippen molar-refractivity contribution in [2.75, 3.05) is 0 Å². The van der Waals surface area contributed by atoms with E-state index < -0.39 is 33.4 Å². The predicted octanol–water partition coefficient (Wildman–Crippen LogP) is 0.937. The van der Waals surface area contributed by atoms with Gasteiger partial charge in [0.1, 0.15) is 12.2 Å². The van der Waals surface area contributed by atoms with Gasteiger partial charge in [-0.1, -0.05) is 24.3 Å². The number of ether oxygens (including phenoxy) is 1. The van der Waals surface area contributed by atoms with Gasteiger partial charge in [0.05, 0.1) is 0 Å². The van der Waals surface area contributed by atoms with Crippen LogP contribution in [0.4, 0.5) is 0 Å². The summed E-state index contributed by atoms with van der Waals surface area (Å²) in [4.78, 5) is 18.8. The van der Waals surface area contributed by atoms with Crippen molar-refractivity contribution in [2.45, 2.75) is 17.8 Å². The molecule has 0 aromatic heterocycles. The van der Waals surface area contributed by atoms with Crippen LogP contribution in [0.5, 0.6) is 5.75 Å². The van der Waals surface area contributed by atoms with Crippen LogP contribution >= 0.6 is 0 Å². The standard InChI is InChI=1S/C13H14O8S/c1-2-5-9-6-3-4-7-10(9)21-13(12(16)17,8-11(14)15)22(18,19)20/h2-4,6-7H,1,5,8H2,(H,14,15)(H,16,17)(H,18,19,20). The van der Waals surface area contributed by atoms with Crippen molar-refractivity contribution in [3.63, 3.8) is 0 Å². The number of carboxylic acids is 2. The number of hydrogen-bond donors (Lipinski definition) is 3. The lowest BCUT2D eigenvalue weighted by atomic mass is 10.1. The first-order valence-electron chi connectivity index (χ1n) is 5.94. The van der Waals surface area contributed by atoms with E-state index in [9.17, 15) is 22.6 Å². The zero-order valence-electron chi connectivity index (χ0n) is 11.3. The van der Waals surface area contributed by atoms with Gasteiger partial charge < -0.3 is 14.9 Å². The minimum atomic E-state index is -5.38. The topological polar surface area (TPSA) is 138 Å². The number of para-hydroxylation sites is 1. The van der Waals surface area contributed by atoms with Gasteiger partial charge in [-0.3, -0.25) is 9.35 Å². The molecule has 0 amide bonds. The molecule has 0 radical (unpaired) electrons. The largest absolute Gasteiger partial charge is 0.481 e. The van der Waals surface area contributed by atoms with Crippen molar-refractivity contribution < 1.29 is 37.5 Å². The quantitative estimate of drug-likeness (QED) is 0.473. The number of carboxylic acid groups (broad SMARTS) is 2. The maximum Gasteiger partial charge on any atom is 0.367 e. The zero-order valence-corrected chi connectivity index (χ0v) is 12.1. The van der Waals surface area contributed by atoms with E-state index in [4.69, 9.17) is 14.9 Å². The predicted molar refractivity (Wildman–Crippen MR) is 75.1 cm³/mol. The van der Waals surface area contributed by atoms with Gasteiger partial charge in [-0.2, -0.15) is 8.42 Å². The van der Waals surface area contributed by atoms with E-state index in [1.54, 1.807) is 6.07 Å². The van der Waals surface area contributed by atoms with Crippen LogP contribution in [0.2, 0.25) is 0 Å². The van der Waals surface area contributed by atoms with E-state index in [0.29, 0.717) is 5.56 Å². The Hall–Kier alpha value is -2.39. The van der Waals surface area contributed by atoms with Crippen molar-refractivity contribution in [2.24, 2.45) is 0 Å². The number of aliphatic carboxylic acids is 2. The molecule has 1 rings (SSSR count). The van der Waals surface area contributed by atoms with Crippen LogP contribution in [-0.2, 0) is 26.1 Å². The van der Waals surface area contributed by atoms with E-state index >= 15 is 0 Å². The van der Waals surface area contributed by atoms with Crippen LogP contribution in [-0.4, -0.2) is 40.1 Å². The Morgan fingerprint density at radius 3 is 2.32 bits per heavy atom. The van der Waals surface area contributed by atoms with Crippen molar-refractivity contribution in [3.05, 3.63) is 42.5 Å². The normalized spacial score (nSPS) is 13.9. The zero-order chi connectivity index (χ0) is 17.0. The highest BCUT2D eigenvalue weighted by Crippen LogP contribution is 2.30. The van der Waals surface area contributed by atoms with Crippen LogP contribution in [0.25, 0.3) is 0 Å². The Morgan fingerprint density at radius 2 is 1.86 bits per heavy atom. The molecule has 0 spiro atoms. The summed E-state index contributed by atoms with van der Waals surface area (Å²) in [7, 11) is -5.38. The van der Waals surface area contributed by atoms with Gasteiger partial charge >= 0.3 is 27.0 Å². The first-order chi connectivity index (χ1) is 10.1. The third-order valence-electron chi connectivity index (χ3n) is 2.74. The highest BCUT2D eigenvalue weighted by Gasteiger charge is 2.56. The molecule has 0 fully saturated rings. The summed E-state index contributed by atoms with van der Waals surface area (Å²) in [5.41, 5.74) is 0.386. The van der Waals surface area contributed by atoms with Crippen LogP contribution in [0, 0.1) is 0 Å². The lowest BCUT2D eigenvalue weighted by Crippen LogP contribution is -2.53. The number of carbonyl (C=O) groups is 2. The highest BCUT2D eigenvalue weighted by atomic mass is 32.2.